The van der Waals surface area contributed by atoms with Crippen molar-refractivity contribution in [1.29, 1.82) is 0 Å². The van der Waals surface area contributed by atoms with Crippen LogP contribution in [-0.2, 0) is 4.79 Å². The topological polar surface area (TPSA) is 66.6 Å². The number of nitrogens with two attached hydrogens (primary N) is 1. The summed E-state index contributed by atoms with van der Waals surface area (Å²) in [5.41, 5.74) is 6.30. The second kappa shape index (κ2) is 6.02. The van der Waals surface area contributed by atoms with Gasteiger partial charge in [0.05, 0.1) is 12.0 Å². The number of aliphatic hydroxyl groups is 1. The molecule has 2 bridgehead atoms. The Hall–Kier alpha value is -0.610. The molecule has 114 valence electrons. The number of carbonyl (C=O) groups excluding carboxylic acids is 1. The zero-order valence-corrected chi connectivity index (χ0v) is 12.3. The van der Waals surface area contributed by atoms with Crippen molar-refractivity contribution < 1.29 is 9.90 Å². The van der Waals surface area contributed by atoms with E-state index in [1.54, 1.807) is 0 Å². The summed E-state index contributed by atoms with van der Waals surface area (Å²) < 4.78 is 0. The monoisotopic (exact) mass is 280 g/mol. The fourth-order valence-corrected chi connectivity index (χ4v) is 4.52. The lowest BCUT2D eigenvalue weighted by atomic mass is 9.85. The van der Waals surface area contributed by atoms with Gasteiger partial charge in [0.25, 0.3) is 0 Å². The highest BCUT2D eigenvalue weighted by Crippen LogP contribution is 2.38. The van der Waals surface area contributed by atoms with Crippen molar-refractivity contribution in [3.63, 3.8) is 0 Å². The van der Waals surface area contributed by atoms with E-state index in [0.717, 1.165) is 51.4 Å². The Kier molecular flexibility index (Phi) is 4.32. The van der Waals surface area contributed by atoms with Crippen LogP contribution in [0.25, 0.3) is 0 Å². The molecule has 3 N–H and O–H groups in total. The molecule has 0 aromatic heterocycles. The average Bonchev–Trinajstić information content (AvgIpc) is 2.66. The second-order valence-corrected chi connectivity index (χ2v) is 7.02. The largest absolute Gasteiger partial charge is 0.393 e. The molecule has 1 aliphatic carbocycles. The average molecular weight is 280 g/mol. The first-order valence-electron chi connectivity index (χ1n) is 8.42. The van der Waals surface area contributed by atoms with Gasteiger partial charge in [-0.2, -0.15) is 0 Å². The molecule has 2 heterocycles. The highest BCUT2D eigenvalue weighted by Gasteiger charge is 2.45. The normalized spacial score (nSPS) is 42.1. The van der Waals surface area contributed by atoms with E-state index in [-0.39, 0.29) is 30.1 Å². The van der Waals surface area contributed by atoms with E-state index >= 15 is 0 Å². The summed E-state index contributed by atoms with van der Waals surface area (Å²) in [7, 11) is 0. The molecule has 3 aliphatic rings. The fraction of sp³-hybridized carbons (Fsp3) is 0.938. The van der Waals surface area contributed by atoms with Gasteiger partial charge in [0.1, 0.15) is 0 Å². The van der Waals surface area contributed by atoms with Crippen LogP contribution < -0.4 is 5.73 Å². The first-order valence-corrected chi connectivity index (χ1v) is 8.42. The SMILES string of the molecule is N[C@H]1CCCCCC[C@@H]1C(=O)N1[C@H]2CC[C@H]1CC(O)C2. The van der Waals surface area contributed by atoms with Gasteiger partial charge in [-0.25, -0.2) is 0 Å². The van der Waals surface area contributed by atoms with E-state index in [1.807, 2.05) is 0 Å². The van der Waals surface area contributed by atoms with Gasteiger partial charge in [-0.1, -0.05) is 25.7 Å². The minimum absolute atomic E-state index is 0.0219. The van der Waals surface area contributed by atoms with E-state index in [1.165, 1.54) is 12.8 Å². The number of amides is 1. The third-order valence-corrected chi connectivity index (χ3v) is 5.60. The highest BCUT2D eigenvalue weighted by molar-refractivity contribution is 5.80. The number of hydrogen-bond donors (Lipinski definition) is 2. The lowest BCUT2D eigenvalue weighted by Gasteiger charge is -2.40. The Bertz CT molecular complexity index is 346. The van der Waals surface area contributed by atoms with Gasteiger partial charge in [0.2, 0.25) is 5.91 Å². The summed E-state index contributed by atoms with van der Waals surface area (Å²) in [6.45, 7) is 0. The zero-order valence-electron chi connectivity index (χ0n) is 12.3. The molecule has 2 aliphatic heterocycles. The Labute approximate surface area is 121 Å². The van der Waals surface area contributed by atoms with Crippen LogP contribution in [0.3, 0.4) is 0 Å². The highest BCUT2D eigenvalue weighted by atomic mass is 16.3. The third-order valence-electron chi connectivity index (χ3n) is 5.60. The summed E-state index contributed by atoms with van der Waals surface area (Å²) in [6.07, 6.45) is 10.2. The number of nitrogens with zero attached hydrogens (tertiary/aromatic N) is 1. The van der Waals surface area contributed by atoms with Crippen molar-refractivity contribution >= 4 is 5.91 Å². The van der Waals surface area contributed by atoms with Gasteiger partial charge in [-0.05, 0) is 38.5 Å². The van der Waals surface area contributed by atoms with E-state index in [9.17, 15) is 9.90 Å². The summed E-state index contributed by atoms with van der Waals surface area (Å²) in [6, 6.07) is 0.580. The maximum absolute atomic E-state index is 13.0. The summed E-state index contributed by atoms with van der Waals surface area (Å²) in [5.74, 6) is 0.312. The summed E-state index contributed by atoms with van der Waals surface area (Å²) in [4.78, 5) is 15.1. The van der Waals surface area contributed by atoms with Crippen molar-refractivity contribution in [3.8, 4) is 0 Å². The molecule has 1 saturated carbocycles. The summed E-state index contributed by atoms with van der Waals surface area (Å²) >= 11 is 0. The number of piperidine rings is 1. The molecule has 3 fully saturated rings. The van der Waals surface area contributed by atoms with Crippen molar-refractivity contribution in [2.24, 2.45) is 11.7 Å². The lowest BCUT2D eigenvalue weighted by molar-refractivity contribution is -0.143. The smallest absolute Gasteiger partial charge is 0.227 e. The summed E-state index contributed by atoms with van der Waals surface area (Å²) in [5, 5.41) is 9.87. The van der Waals surface area contributed by atoms with Gasteiger partial charge < -0.3 is 15.7 Å². The molecule has 20 heavy (non-hydrogen) atoms. The third kappa shape index (κ3) is 2.73. The van der Waals surface area contributed by atoms with Crippen LogP contribution >= 0.6 is 0 Å². The number of rotatable bonds is 1. The predicted molar refractivity (Wildman–Crippen MR) is 78.1 cm³/mol. The maximum Gasteiger partial charge on any atom is 0.227 e. The van der Waals surface area contributed by atoms with Crippen LogP contribution in [0, 0.1) is 5.92 Å². The molecule has 0 aromatic rings. The van der Waals surface area contributed by atoms with Gasteiger partial charge in [-0.15, -0.1) is 0 Å². The van der Waals surface area contributed by atoms with E-state index < -0.39 is 0 Å². The molecule has 0 radical (unpaired) electrons. The van der Waals surface area contributed by atoms with Crippen LogP contribution in [0.1, 0.15) is 64.2 Å². The van der Waals surface area contributed by atoms with Gasteiger partial charge in [0, 0.05) is 18.1 Å². The Morgan fingerprint density at radius 3 is 2.20 bits per heavy atom. The molecule has 0 unspecified atom stereocenters. The van der Waals surface area contributed by atoms with Crippen molar-refractivity contribution in [1.82, 2.24) is 4.90 Å². The van der Waals surface area contributed by atoms with Gasteiger partial charge in [-0.3, -0.25) is 4.79 Å². The van der Waals surface area contributed by atoms with Crippen molar-refractivity contribution in [2.75, 3.05) is 0 Å². The first-order chi connectivity index (χ1) is 9.66. The van der Waals surface area contributed by atoms with Crippen molar-refractivity contribution in [2.45, 2.75) is 88.4 Å². The molecule has 4 atom stereocenters. The molecule has 1 amide bonds. The standard InChI is InChI=1S/C16H28N2O2/c17-15-6-4-2-1-3-5-14(15)16(20)18-11-7-8-12(18)10-13(19)9-11/h11-15,19H,1-10,17H2/t11-,12-,14-,15-/m0/s1. The Morgan fingerprint density at radius 1 is 0.950 bits per heavy atom. The van der Waals surface area contributed by atoms with Gasteiger partial charge >= 0.3 is 0 Å². The van der Waals surface area contributed by atoms with Crippen LogP contribution in [0.5, 0.6) is 0 Å². The molecule has 0 spiro atoms. The number of carbonyl (C=O) groups is 1. The minimum atomic E-state index is -0.206. The van der Waals surface area contributed by atoms with E-state index in [4.69, 9.17) is 5.73 Å². The van der Waals surface area contributed by atoms with Crippen LogP contribution in [0.2, 0.25) is 0 Å². The van der Waals surface area contributed by atoms with E-state index in [2.05, 4.69) is 4.90 Å². The number of aliphatic hydroxyl groups excluding tert-OH is 1. The zero-order chi connectivity index (χ0) is 14.1. The van der Waals surface area contributed by atoms with Crippen molar-refractivity contribution in [3.05, 3.63) is 0 Å². The molecule has 4 heteroatoms. The lowest BCUT2D eigenvalue weighted by Crippen LogP contribution is -2.53. The first kappa shape index (κ1) is 14.3. The quantitative estimate of drug-likeness (QED) is 0.769. The molecular formula is C16H28N2O2. The number of hydrogen-bond acceptors (Lipinski definition) is 3. The van der Waals surface area contributed by atoms with Gasteiger partial charge in [0.15, 0.2) is 0 Å². The van der Waals surface area contributed by atoms with E-state index in [0.29, 0.717) is 5.91 Å². The molecule has 2 saturated heterocycles. The molecule has 3 rings (SSSR count). The van der Waals surface area contributed by atoms with Crippen LogP contribution in [-0.4, -0.2) is 40.1 Å². The fourth-order valence-electron chi connectivity index (χ4n) is 4.52. The minimum Gasteiger partial charge on any atom is -0.393 e. The van der Waals surface area contributed by atoms with Crippen LogP contribution in [0.4, 0.5) is 0 Å². The Balaban J connectivity index is 1.71. The molecular weight excluding hydrogens is 252 g/mol. The number of fused-ring (bicyclic) bond motifs is 2. The van der Waals surface area contributed by atoms with Crippen LogP contribution in [0.15, 0.2) is 0 Å². The molecule has 0 aromatic carbocycles. The Morgan fingerprint density at radius 2 is 1.55 bits per heavy atom. The maximum atomic E-state index is 13.0. The molecule has 4 nitrogen and oxygen atoms in total. The second-order valence-electron chi connectivity index (χ2n) is 7.02. The predicted octanol–water partition coefficient (Wildman–Crippen LogP) is 1.80.